The predicted octanol–water partition coefficient (Wildman–Crippen LogP) is 5.91. The summed E-state index contributed by atoms with van der Waals surface area (Å²) in [6.45, 7) is 6.65. The Labute approximate surface area is 160 Å². The number of nitrogens with zero attached hydrogens (tertiary/aromatic N) is 1. The average Bonchev–Trinajstić information content (AvgIpc) is 3.18. The fourth-order valence-electron chi connectivity index (χ4n) is 3.19. The Hall–Kier alpha value is -3.20. The fourth-order valence-corrected chi connectivity index (χ4v) is 3.19. The van der Waals surface area contributed by atoms with Gasteiger partial charge in [-0.05, 0) is 34.2 Å². The summed E-state index contributed by atoms with van der Waals surface area (Å²) < 4.78 is 0. The highest BCUT2D eigenvalue weighted by Crippen LogP contribution is 2.33. The molecule has 4 rings (SSSR count). The maximum atomic E-state index is 6.10. The van der Waals surface area contributed by atoms with Crippen molar-refractivity contribution in [1.29, 1.82) is 0 Å². The summed E-state index contributed by atoms with van der Waals surface area (Å²) in [6, 6.07) is 27.1. The third kappa shape index (κ3) is 3.54. The van der Waals surface area contributed by atoms with Gasteiger partial charge in [0.25, 0.3) is 0 Å². The van der Waals surface area contributed by atoms with Crippen LogP contribution in [0.15, 0.2) is 85.1 Å². The Balaban J connectivity index is 1.57. The molecule has 0 amide bonds. The van der Waals surface area contributed by atoms with Gasteiger partial charge in [-0.15, -0.1) is 5.17 Å². The Kier molecular flexibility index (Phi) is 4.36. The molecule has 3 nitrogen and oxygen atoms in total. The summed E-state index contributed by atoms with van der Waals surface area (Å²) in [5, 5.41) is 1.70. The van der Waals surface area contributed by atoms with E-state index in [-0.39, 0.29) is 5.41 Å². The van der Waals surface area contributed by atoms with Crippen molar-refractivity contribution >= 4 is 11.4 Å². The zero-order chi connectivity index (χ0) is 18.9. The molecule has 1 heterocycles. The van der Waals surface area contributed by atoms with Crippen molar-refractivity contribution in [2.45, 2.75) is 26.2 Å². The van der Waals surface area contributed by atoms with Crippen molar-refractivity contribution in [3.63, 3.8) is 0 Å². The van der Waals surface area contributed by atoms with Gasteiger partial charge >= 0.3 is 0 Å². The Morgan fingerprint density at radius 1 is 0.741 bits per heavy atom. The molecule has 3 aromatic rings. The van der Waals surface area contributed by atoms with Crippen LogP contribution < -0.4 is 10.6 Å². The second-order valence-corrected chi connectivity index (χ2v) is 7.73. The smallest absolute Gasteiger partial charge is 0.183 e. The van der Waals surface area contributed by atoms with Gasteiger partial charge in [0.15, 0.2) is 5.76 Å². The van der Waals surface area contributed by atoms with Crippen LogP contribution >= 0.6 is 0 Å². The van der Waals surface area contributed by atoms with E-state index in [1.165, 1.54) is 11.1 Å². The molecule has 0 atom stereocenters. The van der Waals surface area contributed by atoms with E-state index in [9.17, 15) is 0 Å². The molecule has 0 fully saturated rings. The van der Waals surface area contributed by atoms with E-state index in [1.54, 1.807) is 5.17 Å². The van der Waals surface area contributed by atoms with Gasteiger partial charge in [-0.3, -0.25) is 5.43 Å². The van der Waals surface area contributed by atoms with E-state index in [1.807, 2.05) is 18.3 Å². The lowest BCUT2D eigenvalue weighted by Crippen LogP contribution is -2.28. The van der Waals surface area contributed by atoms with Crippen LogP contribution in [-0.4, -0.2) is 0 Å². The summed E-state index contributed by atoms with van der Waals surface area (Å²) >= 11 is 0. The molecule has 1 N–H and O–H groups in total. The van der Waals surface area contributed by atoms with E-state index < -0.39 is 0 Å². The molecular formula is C24H24N2O. The lowest BCUT2D eigenvalue weighted by molar-refractivity contribution is 0.244. The zero-order valence-corrected chi connectivity index (χ0v) is 15.9. The Morgan fingerprint density at radius 3 is 2.04 bits per heavy atom. The quantitative estimate of drug-likeness (QED) is 0.632. The number of hydrogen-bond donors (Lipinski definition) is 1. The van der Waals surface area contributed by atoms with Crippen LogP contribution in [0.1, 0.15) is 31.9 Å². The van der Waals surface area contributed by atoms with Crippen LogP contribution in [0.4, 0.5) is 5.69 Å². The molecule has 1 aliphatic rings. The van der Waals surface area contributed by atoms with Crippen molar-refractivity contribution < 1.29 is 4.84 Å². The molecule has 0 saturated carbocycles. The molecule has 27 heavy (non-hydrogen) atoms. The van der Waals surface area contributed by atoms with Gasteiger partial charge in [0, 0.05) is 5.56 Å². The van der Waals surface area contributed by atoms with Crippen molar-refractivity contribution in [3.8, 4) is 11.1 Å². The molecule has 0 radical (unpaired) electrons. The number of nitrogens with one attached hydrogen (secondary N) is 1. The third-order valence-electron chi connectivity index (χ3n) is 4.75. The largest absolute Gasteiger partial charge is 0.357 e. The van der Waals surface area contributed by atoms with Gasteiger partial charge in [-0.1, -0.05) is 87.5 Å². The standard InChI is InChI=1S/C24H24N2O/c1-24(2,3)19-13-15-20(16-14-19)26-25-17-23(27-26)22-12-8-7-11-21(22)18-9-5-4-6-10-18/h4-17,25H,1-3H3. The van der Waals surface area contributed by atoms with E-state index in [4.69, 9.17) is 4.84 Å². The first-order valence-electron chi connectivity index (χ1n) is 9.22. The summed E-state index contributed by atoms with van der Waals surface area (Å²) in [5.41, 5.74) is 8.99. The number of benzene rings is 3. The molecule has 3 heteroatoms. The SMILES string of the molecule is CC(C)(C)c1ccc(N2NC=C(c3ccccc3-c3ccccc3)O2)cc1. The molecule has 1 aliphatic heterocycles. The first kappa shape index (κ1) is 17.2. The van der Waals surface area contributed by atoms with E-state index >= 15 is 0 Å². The number of hydrogen-bond acceptors (Lipinski definition) is 3. The van der Waals surface area contributed by atoms with Crippen LogP contribution in [0.3, 0.4) is 0 Å². The van der Waals surface area contributed by atoms with E-state index in [0.717, 1.165) is 22.6 Å². The van der Waals surface area contributed by atoms with Gasteiger partial charge < -0.3 is 4.84 Å². The summed E-state index contributed by atoms with van der Waals surface area (Å²) in [4.78, 5) is 6.10. The van der Waals surface area contributed by atoms with Gasteiger partial charge in [-0.2, -0.15) is 0 Å². The summed E-state index contributed by atoms with van der Waals surface area (Å²) in [7, 11) is 0. The maximum absolute atomic E-state index is 6.10. The number of anilines is 1. The minimum atomic E-state index is 0.135. The van der Waals surface area contributed by atoms with Crippen LogP contribution in [0.25, 0.3) is 16.9 Å². The second kappa shape index (κ2) is 6.84. The zero-order valence-electron chi connectivity index (χ0n) is 15.9. The number of hydrazine groups is 1. The highest BCUT2D eigenvalue weighted by Gasteiger charge is 2.21. The summed E-state index contributed by atoms with van der Waals surface area (Å²) in [6.07, 6.45) is 1.90. The molecule has 0 unspecified atom stereocenters. The minimum Gasteiger partial charge on any atom is -0.357 e. The fraction of sp³-hybridized carbons (Fsp3) is 0.167. The van der Waals surface area contributed by atoms with Crippen LogP contribution in [0, 0.1) is 0 Å². The summed E-state index contributed by atoms with van der Waals surface area (Å²) in [5.74, 6) is 0.800. The Morgan fingerprint density at radius 2 is 1.37 bits per heavy atom. The second-order valence-electron chi connectivity index (χ2n) is 7.73. The molecule has 136 valence electrons. The molecule has 0 aromatic heterocycles. The highest BCUT2D eigenvalue weighted by molar-refractivity contribution is 5.79. The topological polar surface area (TPSA) is 24.5 Å². The van der Waals surface area contributed by atoms with Crippen molar-refractivity contribution in [1.82, 2.24) is 5.43 Å². The van der Waals surface area contributed by atoms with Gasteiger partial charge in [0.2, 0.25) is 0 Å². The number of rotatable bonds is 3. The van der Waals surface area contributed by atoms with E-state index in [0.29, 0.717) is 0 Å². The molecule has 3 aromatic carbocycles. The maximum Gasteiger partial charge on any atom is 0.183 e. The van der Waals surface area contributed by atoms with Crippen LogP contribution in [0.5, 0.6) is 0 Å². The van der Waals surface area contributed by atoms with Gasteiger partial charge in [-0.25, -0.2) is 0 Å². The average molecular weight is 356 g/mol. The van der Waals surface area contributed by atoms with Crippen molar-refractivity contribution in [2.75, 3.05) is 5.17 Å². The molecule has 0 aliphatic carbocycles. The minimum absolute atomic E-state index is 0.135. The normalized spacial score (nSPS) is 13.7. The van der Waals surface area contributed by atoms with Crippen LogP contribution in [-0.2, 0) is 10.3 Å². The van der Waals surface area contributed by atoms with Gasteiger partial charge in [0.05, 0.1) is 11.9 Å². The highest BCUT2D eigenvalue weighted by atomic mass is 16.7. The first-order valence-corrected chi connectivity index (χ1v) is 9.22. The van der Waals surface area contributed by atoms with E-state index in [2.05, 4.69) is 92.9 Å². The molecule has 0 saturated heterocycles. The first-order chi connectivity index (χ1) is 13.0. The van der Waals surface area contributed by atoms with Gasteiger partial charge in [0.1, 0.15) is 0 Å². The molecule has 0 spiro atoms. The third-order valence-corrected chi connectivity index (χ3v) is 4.75. The van der Waals surface area contributed by atoms with Crippen molar-refractivity contribution in [2.24, 2.45) is 0 Å². The lowest BCUT2D eigenvalue weighted by Gasteiger charge is -2.22. The molecule has 0 bridgehead atoms. The Bertz CT molecular complexity index is 954. The monoisotopic (exact) mass is 356 g/mol. The van der Waals surface area contributed by atoms with Crippen molar-refractivity contribution in [3.05, 3.63) is 96.2 Å². The molecular weight excluding hydrogens is 332 g/mol. The predicted molar refractivity (Wildman–Crippen MR) is 112 cm³/mol. The lowest BCUT2D eigenvalue weighted by atomic mass is 9.87. The van der Waals surface area contributed by atoms with Crippen LogP contribution in [0.2, 0.25) is 0 Å².